The lowest BCUT2D eigenvalue weighted by molar-refractivity contribution is 0.0559. The third-order valence-electron chi connectivity index (χ3n) is 4.74. The van der Waals surface area contributed by atoms with E-state index in [9.17, 15) is 13.2 Å². The van der Waals surface area contributed by atoms with E-state index in [1.807, 2.05) is 37.3 Å². The molecule has 1 amide bonds. The maximum Gasteiger partial charge on any atom is 0.410 e. The molecule has 9 nitrogen and oxygen atoms in total. The lowest BCUT2D eigenvalue weighted by Crippen LogP contribution is -2.49. The normalized spacial score (nSPS) is 19.0. The van der Waals surface area contributed by atoms with Gasteiger partial charge in [0.15, 0.2) is 0 Å². The number of rotatable bonds is 6. The lowest BCUT2D eigenvalue weighted by atomic mass is 10.0. The second-order valence-electron chi connectivity index (χ2n) is 6.95. The Morgan fingerprint density at radius 3 is 2.57 bits per heavy atom. The molecular weight excluding hydrogens is 408 g/mol. The summed E-state index contributed by atoms with van der Waals surface area (Å²) in [4.78, 5) is 16.6. The third kappa shape index (κ3) is 5.50. The zero-order valence-electron chi connectivity index (χ0n) is 16.4. The van der Waals surface area contributed by atoms with Crippen molar-refractivity contribution in [1.82, 2.24) is 4.90 Å². The second kappa shape index (κ2) is 9.62. The lowest BCUT2D eigenvalue weighted by Gasteiger charge is -2.35. The van der Waals surface area contributed by atoms with E-state index in [4.69, 9.17) is 14.5 Å². The smallest absolute Gasteiger partial charge is 0.410 e. The summed E-state index contributed by atoms with van der Waals surface area (Å²) in [7, 11) is -4.03. The van der Waals surface area contributed by atoms with Crippen LogP contribution in [0.5, 0.6) is 0 Å². The van der Waals surface area contributed by atoms with Gasteiger partial charge in [0.25, 0.3) is 10.1 Å². The number of aryl methyl sites for hydroxylation is 1. The van der Waals surface area contributed by atoms with Crippen LogP contribution in [-0.2, 0) is 25.6 Å². The predicted octanol–water partition coefficient (Wildman–Crippen LogP) is 3.79. The molecule has 0 aromatic heterocycles. The van der Waals surface area contributed by atoms with Gasteiger partial charge < -0.3 is 9.64 Å². The molecule has 30 heavy (non-hydrogen) atoms. The van der Waals surface area contributed by atoms with E-state index >= 15 is 0 Å². The van der Waals surface area contributed by atoms with Gasteiger partial charge in [0.2, 0.25) is 0 Å². The first-order chi connectivity index (χ1) is 14.4. The van der Waals surface area contributed by atoms with Crippen LogP contribution in [0.15, 0.2) is 64.6 Å². The van der Waals surface area contributed by atoms with Crippen LogP contribution in [0, 0.1) is 6.92 Å². The number of piperidine rings is 1. The van der Waals surface area contributed by atoms with Crippen LogP contribution < -0.4 is 0 Å². The second-order valence-corrected chi connectivity index (χ2v) is 8.52. The van der Waals surface area contributed by atoms with Crippen LogP contribution in [0.3, 0.4) is 0 Å². The Labute approximate surface area is 175 Å². The van der Waals surface area contributed by atoms with Gasteiger partial charge in [-0.05, 0) is 36.6 Å². The van der Waals surface area contributed by atoms with Gasteiger partial charge in [-0.1, -0.05) is 53.1 Å². The van der Waals surface area contributed by atoms with Crippen molar-refractivity contribution in [3.05, 3.63) is 76.2 Å². The minimum absolute atomic E-state index is 0.00572. The van der Waals surface area contributed by atoms with Crippen LogP contribution in [0.2, 0.25) is 0 Å². The molecule has 0 saturated carbocycles. The summed E-state index contributed by atoms with van der Waals surface area (Å²) in [6.45, 7) is 2.19. The van der Waals surface area contributed by atoms with Gasteiger partial charge in [-0.15, -0.1) is 0 Å². The van der Waals surface area contributed by atoms with Gasteiger partial charge in [-0.3, -0.25) is 4.18 Å². The minimum Gasteiger partial charge on any atom is -0.445 e. The number of amides is 1. The molecule has 2 aromatic carbocycles. The summed E-state index contributed by atoms with van der Waals surface area (Å²) in [5.41, 5.74) is 10.6. The Morgan fingerprint density at radius 1 is 1.20 bits per heavy atom. The fourth-order valence-corrected chi connectivity index (χ4v) is 4.23. The summed E-state index contributed by atoms with van der Waals surface area (Å²) < 4.78 is 35.8. The Bertz CT molecular complexity index is 1020. The number of benzene rings is 2. The van der Waals surface area contributed by atoms with Crippen molar-refractivity contribution in [2.75, 3.05) is 13.1 Å². The molecule has 158 valence electrons. The zero-order valence-corrected chi connectivity index (χ0v) is 17.2. The Hall–Kier alpha value is -3.07. The molecule has 0 spiro atoms. The third-order valence-corrected chi connectivity index (χ3v) is 6.09. The molecule has 10 heteroatoms. The molecule has 1 aliphatic rings. The molecule has 3 rings (SSSR count). The molecule has 1 saturated heterocycles. The first-order valence-corrected chi connectivity index (χ1v) is 10.8. The van der Waals surface area contributed by atoms with E-state index in [1.165, 1.54) is 17.0 Å². The summed E-state index contributed by atoms with van der Waals surface area (Å²) in [5.74, 6) is 0. The van der Waals surface area contributed by atoms with Gasteiger partial charge >= 0.3 is 6.09 Å². The van der Waals surface area contributed by atoms with Gasteiger partial charge in [-0.25, -0.2) is 4.79 Å². The van der Waals surface area contributed by atoms with Crippen LogP contribution in [0.4, 0.5) is 4.79 Å². The highest BCUT2D eigenvalue weighted by molar-refractivity contribution is 7.86. The average Bonchev–Trinajstić information content (AvgIpc) is 2.74. The van der Waals surface area contributed by atoms with E-state index < -0.39 is 28.4 Å². The van der Waals surface area contributed by atoms with Crippen LogP contribution >= 0.6 is 0 Å². The summed E-state index contributed by atoms with van der Waals surface area (Å²) in [6, 6.07) is 14.7. The molecule has 1 heterocycles. The maximum absolute atomic E-state index is 12.6. The SMILES string of the molecule is Cc1ccc(S(=O)(=O)O[C@@H]2CCN(C(=O)OCc3ccccc3)C[C@H]2N=[N+]=[N-])cc1. The van der Waals surface area contributed by atoms with E-state index in [-0.39, 0.29) is 31.0 Å². The topological polar surface area (TPSA) is 122 Å². The van der Waals surface area contributed by atoms with Crippen LogP contribution in [0.25, 0.3) is 10.4 Å². The monoisotopic (exact) mass is 430 g/mol. The highest BCUT2D eigenvalue weighted by Crippen LogP contribution is 2.24. The maximum atomic E-state index is 12.6. The van der Waals surface area contributed by atoms with Crippen molar-refractivity contribution >= 4 is 16.2 Å². The Morgan fingerprint density at radius 2 is 1.90 bits per heavy atom. The molecule has 0 unspecified atom stereocenters. The van der Waals surface area contributed by atoms with E-state index in [0.29, 0.717) is 0 Å². The number of azide groups is 1. The summed E-state index contributed by atoms with van der Waals surface area (Å²) >= 11 is 0. The van der Waals surface area contributed by atoms with Crippen molar-refractivity contribution in [1.29, 1.82) is 0 Å². The van der Waals surface area contributed by atoms with Gasteiger partial charge in [-0.2, -0.15) is 8.42 Å². The minimum atomic E-state index is -4.03. The highest BCUT2D eigenvalue weighted by atomic mass is 32.2. The first kappa shape index (κ1) is 21.6. The molecule has 1 fully saturated rings. The molecule has 0 bridgehead atoms. The van der Waals surface area contributed by atoms with Crippen molar-refractivity contribution in [2.24, 2.45) is 5.11 Å². The van der Waals surface area contributed by atoms with E-state index in [0.717, 1.165) is 11.1 Å². The fraction of sp³-hybridized carbons (Fsp3) is 0.350. The number of carbonyl (C=O) groups is 1. The molecule has 1 aliphatic heterocycles. The number of likely N-dealkylation sites (tertiary alicyclic amines) is 1. The van der Waals surface area contributed by atoms with E-state index in [1.54, 1.807) is 12.1 Å². The predicted molar refractivity (Wildman–Crippen MR) is 109 cm³/mol. The first-order valence-electron chi connectivity index (χ1n) is 9.39. The Kier molecular flexibility index (Phi) is 6.94. The highest BCUT2D eigenvalue weighted by Gasteiger charge is 2.35. The molecule has 0 N–H and O–H groups in total. The number of nitrogens with zero attached hydrogens (tertiary/aromatic N) is 4. The summed E-state index contributed by atoms with van der Waals surface area (Å²) in [6.07, 6.45) is -1.24. The standard InChI is InChI=1S/C20H22N4O5S/c1-15-7-9-17(10-8-15)30(26,27)29-19-11-12-24(13-18(19)22-23-21)20(25)28-14-16-5-3-2-4-6-16/h2-10,18-19H,11-14H2,1H3/t18-,19-/m1/s1. The number of hydrogen-bond acceptors (Lipinski definition) is 6. The van der Waals surface area contributed by atoms with Gasteiger partial charge in [0.1, 0.15) is 6.61 Å². The fourth-order valence-electron chi connectivity index (χ4n) is 3.10. The quantitative estimate of drug-likeness (QED) is 0.299. The number of carbonyl (C=O) groups excluding carboxylic acids is 1. The largest absolute Gasteiger partial charge is 0.445 e. The van der Waals surface area contributed by atoms with E-state index in [2.05, 4.69) is 10.0 Å². The zero-order chi connectivity index (χ0) is 21.6. The average molecular weight is 430 g/mol. The molecule has 0 radical (unpaired) electrons. The van der Waals surface area contributed by atoms with Crippen LogP contribution in [0.1, 0.15) is 17.5 Å². The van der Waals surface area contributed by atoms with Crippen molar-refractivity contribution in [2.45, 2.75) is 37.0 Å². The summed E-state index contributed by atoms with van der Waals surface area (Å²) in [5, 5.41) is 3.65. The van der Waals surface area contributed by atoms with Crippen molar-refractivity contribution in [3.8, 4) is 0 Å². The molecule has 2 aromatic rings. The van der Waals surface area contributed by atoms with Crippen molar-refractivity contribution in [3.63, 3.8) is 0 Å². The molecular formula is C20H22N4O5S. The number of ether oxygens (including phenoxy) is 1. The van der Waals surface area contributed by atoms with Crippen LogP contribution in [-0.4, -0.2) is 44.6 Å². The van der Waals surface area contributed by atoms with Gasteiger partial charge in [0, 0.05) is 18.0 Å². The Balaban J connectivity index is 1.64. The molecule has 2 atom stereocenters. The van der Waals surface area contributed by atoms with Crippen molar-refractivity contribution < 1.29 is 22.1 Å². The number of hydrogen-bond donors (Lipinski definition) is 0. The van der Waals surface area contributed by atoms with Gasteiger partial charge in [0.05, 0.1) is 17.0 Å². The molecule has 0 aliphatic carbocycles.